The predicted molar refractivity (Wildman–Crippen MR) is 148 cm³/mol. The van der Waals surface area contributed by atoms with Crippen molar-refractivity contribution < 1.29 is 14.5 Å². The third-order valence-electron chi connectivity index (χ3n) is 7.10. The molecule has 1 amide bonds. The van der Waals surface area contributed by atoms with Gasteiger partial charge in [-0.3, -0.25) is 9.69 Å². The second kappa shape index (κ2) is 10.8. The van der Waals surface area contributed by atoms with E-state index >= 15 is 0 Å². The van der Waals surface area contributed by atoms with Gasteiger partial charge in [-0.1, -0.05) is 53.2 Å². The van der Waals surface area contributed by atoms with Gasteiger partial charge in [0.05, 0.1) is 11.9 Å². The molecule has 1 atom stereocenters. The number of anilines is 1. The van der Waals surface area contributed by atoms with E-state index in [1.54, 1.807) is 6.21 Å². The fraction of sp³-hybridized carbons (Fsp3) is 0.556. The Morgan fingerprint density at radius 3 is 2.41 bits per heavy atom. The second-order valence-electron chi connectivity index (χ2n) is 12.2. The Labute approximate surface area is 228 Å². The van der Waals surface area contributed by atoms with E-state index in [4.69, 9.17) is 10.4 Å². The van der Waals surface area contributed by atoms with Gasteiger partial charge in [0.15, 0.2) is 5.69 Å². The lowest BCUT2D eigenvalue weighted by Gasteiger charge is -2.33. The summed E-state index contributed by atoms with van der Waals surface area (Å²) in [6.07, 6.45) is 4.88. The Bertz CT molecular complexity index is 1330. The van der Waals surface area contributed by atoms with Crippen molar-refractivity contribution in [3.8, 4) is 11.6 Å². The van der Waals surface area contributed by atoms with Gasteiger partial charge >= 0.3 is 0 Å². The quantitative estimate of drug-likeness (QED) is 0.315. The Hall–Kier alpha value is -3.80. The maximum absolute atomic E-state index is 13.3. The first kappa shape index (κ1) is 28.2. The van der Waals surface area contributed by atoms with Crippen molar-refractivity contribution in [2.45, 2.75) is 91.1 Å². The molecule has 0 spiro atoms. The monoisotopic (exact) mass is 537 g/mol. The van der Waals surface area contributed by atoms with Gasteiger partial charge in [-0.2, -0.15) is 9.78 Å². The zero-order valence-electron chi connectivity index (χ0n) is 23.8. The van der Waals surface area contributed by atoms with Crippen LogP contribution in [0.1, 0.15) is 101 Å². The highest BCUT2D eigenvalue weighted by Crippen LogP contribution is 2.39. The molecule has 12 nitrogen and oxygen atoms in total. The molecule has 1 saturated heterocycles. The molecule has 1 fully saturated rings. The number of aromatic nitrogens is 5. The number of phenols is 1. The maximum Gasteiger partial charge on any atom is 0.293 e. The van der Waals surface area contributed by atoms with Crippen molar-refractivity contribution in [3.05, 3.63) is 40.2 Å². The summed E-state index contributed by atoms with van der Waals surface area (Å²) < 4.78 is 6.16. The van der Waals surface area contributed by atoms with E-state index in [1.165, 1.54) is 11.1 Å². The summed E-state index contributed by atoms with van der Waals surface area (Å²) >= 11 is 0. The summed E-state index contributed by atoms with van der Waals surface area (Å²) in [5, 5.41) is 30.9. The normalized spacial score (nSPS) is 17.2. The van der Waals surface area contributed by atoms with E-state index in [0.717, 1.165) is 36.1 Å². The van der Waals surface area contributed by atoms with Crippen LogP contribution in [0, 0.1) is 0 Å². The van der Waals surface area contributed by atoms with Crippen molar-refractivity contribution in [1.82, 2.24) is 35.6 Å². The van der Waals surface area contributed by atoms with Gasteiger partial charge in [0.25, 0.3) is 5.91 Å². The second-order valence-corrected chi connectivity index (χ2v) is 12.2. The first-order chi connectivity index (χ1) is 18.3. The van der Waals surface area contributed by atoms with E-state index in [9.17, 15) is 9.90 Å². The van der Waals surface area contributed by atoms with Crippen LogP contribution in [0.3, 0.4) is 0 Å². The zero-order chi connectivity index (χ0) is 28.5. The molecular formula is C27H39N9O3. The summed E-state index contributed by atoms with van der Waals surface area (Å²) in [7, 11) is 0. The van der Waals surface area contributed by atoms with Crippen LogP contribution in [-0.2, 0) is 17.4 Å². The van der Waals surface area contributed by atoms with Crippen LogP contribution in [-0.4, -0.2) is 60.0 Å². The smallest absolute Gasteiger partial charge is 0.293 e. The molecule has 0 bridgehead atoms. The molecule has 210 valence electrons. The minimum absolute atomic E-state index is 0.0504. The van der Waals surface area contributed by atoms with Crippen LogP contribution in [0.15, 0.2) is 21.9 Å². The van der Waals surface area contributed by atoms with Gasteiger partial charge in [0, 0.05) is 23.7 Å². The van der Waals surface area contributed by atoms with Crippen LogP contribution in [0.25, 0.3) is 5.82 Å². The number of piperidine rings is 1. The topological polar surface area (TPSA) is 161 Å². The van der Waals surface area contributed by atoms with Gasteiger partial charge in [-0.15, -0.1) is 5.10 Å². The Kier molecular flexibility index (Phi) is 7.78. The molecule has 12 heteroatoms. The first-order valence-corrected chi connectivity index (χ1v) is 13.3. The first-order valence-electron chi connectivity index (χ1n) is 13.3. The van der Waals surface area contributed by atoms with Crippen molar-refractivity contribution in [3.63, 3.8) is 0 Å². The van der Waals surface area contributed by atoms with E-state index < -0.39 is 5.91 Å². The zero-order valence-corrected chi connectivity index (χ0v) is 23.8. The summed E-state index contributed by atoms with van der Waals surface area (Å²) in [6, 6.07) is 4.12. The standard InChI is InChI=1S/C27H39N9O3/c1-16-10-8-9-11-35(16)15-20-21(30-34-36(20)24-23(28)32-39-33-24)25(38)31-29-14-17-12-18(26(2,3)4)22(37)19(13-17)27(5,6)7/h12-14,16,37H,8-11,15H2,1-7H3,(H2,28,32)(H,31,38)/b29-14-. The Balaban J connectivity index is 1.63. The molecule has 1 aliphatic heterocycles. The molecule has 0 radical (unpaired) electrons. The van der Waals surface area contributed by atoms with Crippen molar-refractivity contribution in [2.75, 3.05) is 12.3 Å². The van der Waals surface area contributed by atoms with Crippen molar-refractivity contribution in [2.24, 2.45) is 5.10 Å². The Morgan fingerprint density at radius 2 is 1.85 bits per heavy atom. The number of nitrogens with zero attached hydrogens (tertiary/aromatic N) is 7. The van der Waals surface area contributed by atoms with Crippen LogP contribution >= 0.6 is 0 Å². The average molecular weight is 538 g/mol. The van der Waals surface area contributed by atoms with Crippen LogP contribution in [0.2, 0.25) is 0 Å². The van der Waals surface area contributed by atoms with Gasteiger partial charge < -0.3 is 10.8 Å². The summed E-state index contributed by atoms with van der Waals surface area (Å²) in [4.78, 5) is 15.5. The number of nitrogen functional groups attached to an aromatic ring is 1. The van der Waals surface area contributed by atoms with Gasteiger partial charge in [0.2, 0.25) is 11.6 Å². The van der Waals surface area contributed by atoms with Crippen LogP contribution < -0.4 is 11.2 Å². The van der Waals surface area contributed by atoms with E-state index in [-0.39, 0.29) is 33.9 Å². The van der Waals surface area contributed by atoms with Crippen LogP contribution in [0.4, 0.5) is 5.82 Å². The lowest BCUT2D eigenvalue weighted by atomic mass is 9.78. The molecule has 4 rings (SSSR count). The SMILES string of the molecule is CC1CCCCN1Cc1c(C(=O)N/N=C\c2cc(C(C)(C)C)c(O)c(C(C)(C)C)c2)nnn1-c1nonc1N. The minimum atomic E-state index is -0.516. The number of amides is 1. The summed E-state index contributed by atoms with van der Waals surface area (Å²) in [5.41, 5.74) is 10.9. The Morgan fingerprint density at radius 1 is 1.18 bits per heavy atom. The number of nitrogens with one attached hydrogen (secondary N) is 1. The summed E-state index contributed by atoms with van der Waals surface area (Å²) in [6.45, 7) is 15.7. The fourth-order valence-corrected chi connectivity index (χ4v) is 4.81. The molecular weight excluding hydrogens is 498 g/mol. The number of likely N-dealkylation sites (tertiary alicyclic amines) is 1. The van der Waals surface area contributed by atoms with Crippen molar-refractivity contribution in [1.29, 1.82) is 0 Å². The molecule has 1 aromatic carbocycles. The van der Waals surface area contributed by atoms with Gasteiger partial charge in [-0.05, 0) is 65.1 Å². The molecule has 1 aliphatic rings. The van der Waals surface area contributed by atoms with Gasteiger partial charge in [-0.25, -0.2) is 10.1 Å². The minimum Gasteiger partial charge on any atom is -0.507 e. The third kappa shape index (κ3) is 6.11. The highest BCUT2D eigenvalue weighted by atomic mass is 16.6. The predicted octanol–water partition coefficient (Wildman–Crippen LogP) is 3.67. The molecule has 2 aromatic heterocycles. The average Bonchev–Trinajstić information content (AvgIpc) is 3.45. The lowest BCUT2D eigenvalue weighted by molar-refractivity contribution is 0.0945. The number of phenolic OH excluding ortho intramolecular Hbond substituents is 1. The number of rotatable bonds is 6. The van der Waals surface area contributed by atoms with Crippen LogP contribution in [0.5, 0.6) is 5.75 Å². The highest BCUT2D eigenvalue weighted by Gasteiger charge is 2.29. The molecule has 0 saturated carbocycles. The van der Waals surface area contributed by atoms with E-state index in [2.05, 4.69) is 43.0 Å². The third-order valence-corrected chi connectivity index (χ3v) is 7.10. The number of carbonyl (C=O) groups excluding carboxylic acids is 1. The molecule has 4 N–H and O–H groups in total. The van der Waals surface area contributed by atoms with Gasteiger partial charge in [0.1, 0.15) is 5.75 Å². The molecule has 39 heavy (non-hydrogen) atoms. The molecule has 1 unspecified atom stereocenters. The number of aromatic hydroxyl groups is 1. The number of benzene rings is 1. The number of nitrogens with two attached hydrogens (primary N) is 1. The summed E-state index contributed by atoms with van der Waals surface area (Å²) in [5.74, 6) is -0.00302. The largest absolute Gasteiger partial charge is 0.507 e. The molecule has 3 heterocycles. The lowest BCUT2D eigenvalue weighted by Crippen LogP contribution is -2.38. The fourth-order valence-electron chi connectivity index (χ4n) is 4.81. The number of hydrazone groups is 1. The van der Waals surface area contributed by atoms with Crippen molar-refractivity contribution >= 4 is 17.9 Å². The number of carbonyl (C=O) groups is 1. The highest BCUT2D eigenvalue weighted by molar-refractivity contribution is 5.94. The van der Waals surface area contributed by atoms with E-state index in [1.807, 2.05) is 53.7 Å². The number of hydrogen-bond acceptors (Lipinski definition) is 10. The number of hydrogen-bond donors (Lipinski definition) is 3. The van der Waals surface area contributed by atoms with E-state index in [0.29, 0.717) is 18.3 Å². The maximum atomic E-state index is 13.3. The molecule has 0 aliphatic carbocycles. The molecule has 3 aromatic rings.